The van der Waals surface area contributed by atoms with Crippen LogP contribution in [0.25, 0.3) is 10.6 Å². The number of carbonyl (C=O) groups is 1. The number of halogens is 1. The molecule has 0 unspecified atom stereocenters. The van der Waals surface area contributed by atoms with Crippen molar-refractivity contribution in [3.63, 3.8) is 0 Å². The summed E-state index contributed by atoms with van der Waals surface area (Å²) in [5.74, 6) is -0.790. The van der Waals surface area contributed by atoms with Crippen molar-refractivity contribution in [2.75, 3.05) is 17.6 Å². The van der Waals surface area contributed by atoms with Crippen molar-refractivity contribution in [3.05, 3.63) is 100 Å². The average molecular weight is 568 g/mol. The van der Waals surface area contributed by atoms with Crippen molar-refractivity contribution in [2.45, 2.75) is 31.8 Å². The highest BCUT2D eigenvalue weighted by Gasteiger charge is 2.27. The van der Waals surface area contributed by atoms with Gasteiger partial charge in [-0.25, -0.2) is 12.8 Å². The quantitative estimate of drug-likeness (QED) is 0.304. The predicted molar refractivity (Wildman–Crippen MR) is 153 cm³/mol. The third kappa shape index (κ3) is 6.86. The number of hydrogen-bond acceptors (Lipinski definition) is 7. The van der Waals surface area contributed by atoms with E-state index in [1.54, 1.807) is 31.2 Å². The highest BCUT2D eigenvalue weighted by molar-refractivity contribution is 7.92. The topological polar surface area (TPSA) is 118 Å². The van der Waals surface area contributed by atoms with E-state index in [0.29, 0.717) is 27.7 Å². The molecule has 3 N–H and O–H groups in total. The normalized spacial score (nSPS) is 13.9. The molecule has 8 nitrogen and oxygen atoms in total. The molecule has 204 valence electrons. The molecule has 0 saturated heterocycles. The number of hydrogen-bond donors (Lipinski definition) is 2. The lowest BCUT2D eigenvalue weighted by molar-refractivity contribution is 0.0940. The average Bonchev–Trinajstić information content (AvgIpc) is 3.40. The summed E-state index contributed by atoms with van der Waals surface area (Å²) in [7, 11) is -2.19. The largest absolute Gasteiger partial charge is 0.346 e. The number of amides is 1. The zero-order chi connectivity index (χ0) is 28.4. The van der Waals surface area contributed by atoms with E-state index in [1.807, 2.05) is 37.3 Å². The second kappa shape index (κ2) is 11.2. The van der Waals surface area contributed by atoms with Crippen molar-refractivity contribution >= 4 is 33.0 Å². The Morgan fingerprint density at radius 3 is 2.41 bits per heavy atom. The van der Waals surface area contributed by atoms with Crippen LogP contribution in [0, 0.1) is 5.82 Å². The molecule has 1 aromatic heterocycles. The Morgan fingerprint density at radius 2 is 1.77 bits per heavy atom. The molecule has 4 rings (SSSR count). The third-order valence-corrected chi connectivity index (χ3v) is 8.79. The van der Waals surface area contributed by atoms with Crippen molar-refractivity contribution in [1.82, 2.24) is 15.5 Å². The fourth-order valence-electron chi connectivity index (χ4n) is 4.02. The lowest BCUT2D eigenvalue weighted by Gasteiger charge is -2.21. The first-order chi connectivity index (χ1) is 18.3. The second-order valence-corrected chi connectivity index (χ2v) is 12.7. The summed E-state index contributed by atoms with van der Waals surface area (Å²) in [6.07, 6.45) is 1.64. The Labute approximate surface area is 231 Å². The van der Waals surface area contributed by atoms with Crippen LogP contribution >= 0.6 is 11.3 Å². The monoisotopic (exact) mass is 567 g/mol. The molecule has 0 spiro atoms. The van der Waals surface area contributed by atoms with Crippen LogP contribution in [0.1, 0.15) is 46.4 Å². The van der Waals surface area contributed by atoms with Crippen LogP contribution in [0.4, 0.5) is 10.1 Å². The molecule has 0 saturated carbocycles. The second-order valence-electron chi connectivity index (χ2n) is 9.74. The fourth-order valence-corrected chi connectivity index (χ4v) is 5.40. The zero-order valence-corrected chi connectivity index (χ0v) is 23.7. The summed E-state index contributed by atoms with van der Waals surface area (Å²) >= 11 is 1.29. The van der Waals surface area contributed by atoms with E-state index in [1.165, 1.54) is 36.6 Å². The number of benzene rings is 3. The van der Waals surface area contributed by atoms with Crippen molar-refractivity contribution < 1.29 is 17.6 Å². The lowest BCUT2D eigenvalue weighted by Crippen LogP contribution is -2.35. The molecule has 2 atom stereocenters. The number of sulfonamides is 1. The van der Waals surface area contributed by atoms with Crippen LogP contribution in [0.2, 0.25) is 0 Å². The molecule has 0 fully saturated rings. The van der Waals surface area contributed by atoms with E-state index in [4.69, 9.17) is 5.73 Å². The van der Waals surface area contributed by atoms with Gasteiger partial charge in [0, 0.05) is 18.2 Å². The summed E-state index contributed by atoms with van der Waals surface area (Å²) < 4.78 is 39.0. The summed E-state index contributed by atoms with van der Waals surface area (Å²) in [6, 6.07) is 20.1. The number of rotatable bonds is 9. The molecule has 3 aromatic carbocycles. The third-order valence-electron chi connectivity index (χ3n) is 6.33. The smallest absolute Gasteiger partial charge is 0.251 e. The van der Waals surface area contributed by atoms with E-state index < -0.39 is 27.5 Å². The summed E-state index contributed by atoms with van der Waals surface area (Å²) in [4.78, 5) is 13.3. The van der Waals surface area contributed by atoms with Crippen molar-refractivity contribution in [2.24, 2.45) is 5.73 Å². The molecule has 0 radical (unpaired) electrons. The standard InChI is InChI=1S/C28H30FN5O3S2/c1-18(20-10-12-23(29)13-11-20)31-25(35)21-14-22(16-24(15-21)34(3)39(4,36)37)26-32-33-27(38-26)28(2,30)17-19-8-6-5-7-9-19/h5-16,18H,17,30H2,1-4H3,(H,31,35)/t18-,28-/m1/s1. The molecule has 1 heterocycles. The van der Waals surface area contributed by atoms with Crippen LogP contribution in [0.15, 0.2) is 72.8 Å². The number of nitrogens with one attached hydrogen (secondary N) is 1. The van der Waals surface area contributed by atoms with Gasteiger partial charge in [0.1, 0.15) is 15.8 Å². The van der Waals surface area contributed by atoms with Crippen LogP contribution in [-0.4, -0.2) is 37.8 Å². The maximum absolute atomic E-state index is 13.3. The number of aromatic nitrogens is 2. The molecule has 0 aliphatic carbocycles. The predicted octanol–water partition coefficient (Wildman–Crippen LogP) is 4.65. The van der Waals surface area contributed by atoms with Gasteiger partial charge in [-0.2, -0.15) is 0 Å². The van der Waals surface area contributed by atoms with Gasteiger partial charge in [-0.3, -0.25) is 9.10 Å². The van der Waals surface area contributed by atoms with Gasteiger partial charge in [-0.05, 0) is 61.7 Å². The van der Waals surface area contributed by atoms with E-state index in [-0.39, 0.29) is 11.4 Å². The Hall–Kier alpha value is -3.67. The molecule has 1 amide bonds. The zero-order valence-electron chi connectivity index (χ0n) is 22.1. The first kappa shape index (κ1) is 28.3. The minimum absolute atomic E-state index is 0.239. The molecule has 0 aliphatic heterocycles. The van der Waals surface area contributed by atoms with Crippen molar-refractivity contribution in [1.29, 1.82) is 0 Å². The number of anilines is 1. The van der Waals surface area contributed by atoms with E-state index in [2.05, 4.69) is 15.5 Å². The fraction of sp³-hybridized carbons (Fsp3) is 0.250. The van der Waals surface area contributed by atoms with E-state index in [0.717, 1.165) is 21.7 Å². The van der Waals surface area contributed by atoms with Gasteiger partial charge in [-0.1, -0.05) is 53.8 Å². The highest BCUT2D eigenvalue weighted by Crippen LogP contribution is 2.33. The van der Waals surface area contributed by atoms with E-state index in [9.17, 15) is 17.6 Å². The van der Waals surface area contributed by atoms with Crippen LogP contribution in [-0.2, 0) is 22.0 Å². The SMILES string of the molecule is C[C@@H](NC(=O)c1cc(-c2nnc([C@](C)(N)Cc3ccccc3)s2)cc(N(C)S(C)(=O)=O)c1)c1ccc(F)cc1. The first-order valence-electron chi connectivity index (χ1n) is 12.2. The summed E-state index contributed by atoms with van der Waals surface area (Å²) in [5.41, 5.74) is 8.69. The number of nitrogens with two attached hydrogens (primary N) is 1. The van der Waals surface area contributed by atoms with Gasteiger partial charge in [0.05, 0.1) is 23.5 Å². The molecule has 4 aromatic rings. The maximum atomic E-state index is 13.3. The van der Waals surface area contributed by atoms with Gasteiger partial charge in [-0.15, -0.1) is 10.2 Å². The van der Waals surface area contributed by atoms with Crippen LogP contribution < -0.4 is 15.4 Å². The first-order valence-corrected chi connectivity index (χ1v) is 14.8. The lowest BCUT2D eigenvalue weighted by atomic mass is 9.95. The Bertz CT molecular complexity index is 1570. The molecule has 39 heavy (non-hydrogen) atoms. The Kier molecular flexibility index (Phi) is 8.15. The summed E-state index contributed by atoms with van der Waals surface area (Å²) in [6.45, 7) is 3.66. The van der Waals surface area contributed by atoms with Crippen LogP contribution in [0.3, 0.4) is 0 Å². The van der Waals surface area contributed by atoms with Gasteiger partial charge in [0.25, 0.3) is 5.91 Å². The highest BCUT2D eigenvalue weighted by atomic mass is 32.2. The number of carbonyl (C=O) groups excluding carboxylic acids is 1. The number of nitrogens with zero attached hydrogens (tertiary/aromatic N) is 3. The van der Waals surface area contributed by atoms with Gasteiger partial charge in [0.15, 0.2) is 0 Å². The Balaban J connectivity index is 1.67. The maximum Gasteiger partial charge on any atom is 0.251 e. The van der Waals surface area contributed by atoms with E-state index >= 15 is 0 Å². The van der Waals surface area contributed by atoms with Gasteiger partial charge in [0.2, 0.25) is 10.0 Å². The van der Waals surface area contributed by atoms with Gasteiger partial charge >= 0.3 is 0 Å². The molecule has 0 aliphatic rings. The van der Waals surface area contributed by atoms with Crippen LogP contribution in [0.5, 0.6) is 0 Å². The molecule has 11 heteroatoms. The molecule has 0 bridgehead atoms. The molecular weight excluding hydrogens is 537 g/mol. The van der Waals surface area contributed by atoms with Crippen molar-refractivity contribution in [3.8, 4) is 10.6 Å². The molecular formula is C28H30FN5O3S2. The Morgan fingerprint density at radius 1 is 1.10 bits per heavy atom. The summed E-state index contributed by atoms with van der Waals surface area (Å²) in [5, 5.41) is 12.7. The minimum atomic E-state index is -3.61. The minimum Gasteiger partial charge on any atom is -0.346 e. The van der Waals surface area contributed by atoms with Gasteiger partial charge < -0.3 is 11.1 Å².